The van der Waals surface area contributed by atoms with Crippen molar-refractivity contribution in [2.75, 3.05) is 19.0 Å². The van der Waals surface area contributed by atoms with Gasteiger partial charge in [0.05, 0.1) is 13.2 Å². The Morgan fingerprint density at radius 1 is 1.20 bits per heavy atom. The fourth-order valence-corrected chi connectivity index (χ4v) is 1.79. The first-order chi connectivity index (χ1) is 9.69. The second kappa shape index (κ2) is 6.80. The summed E-state index contributed by atoms with van der Waals surface area (Å²) in [5, 5.41) is 3.28. The summed E-state index contributed by atoms with van der Waals surface area (Å²) < 4.78 is 11.0. The third kappa shape index (κ3) is 3.88. The number of hydrogen-bond acceptors (Lipinski definition) is 4. The van der Waals surface area contributed by atoms with Crippen molar-refractivity contribution in [2.24, 2.45) is 0 Å². The summed E-state index contributed by atoms with van der Waals surface area (Å²) in [6.07, 6.45) is 1.73. The zero-order chi connectivity index (χ0) is 14.4. The Bertz CT molecular complexity index is 540. The number of rotatable bonds is 6. The molecule has 0 aliphatic heterocycles. The molecular weight excluding hydrogens is 252 g/mol. The Balaban J connectivity index is 1.89. The molecule has 2 rings (SSSR count). The van der Waals surface area contributed by atoms with E-state index in [9.17, 15) is 0 Å². The quantitative estimate of drug-likeness (QED) is 0.876. The van der Waals surface area contributed by atoms with E-state index in [1.807, 2.05) is 43.3 Å². The predicted molar refractivity (Wildman–Crippen MR) is 80.5 cm³/mol. The Kier molecular flexibility index (Phi) is 4.82. The lowest BCUT2D eigenvalue weighted by molar-refractivity contribution is 0.303. The molecule has 106 valence electrons. The lowest BCUT2D eigenvalue weighted by Crippen LogP contribution is -2.24. The molecule has 0 aliphatic rings. The predicted octanol–water partition coefficient (Wildman–Crippen LogP) is 3.28. The topological polar surface area (TPSA) is 43.4 Å². The minimum Gasteiger partial charge on any atom is -0.493 e. The highest BCUT2D eigenvalue weighted by Crippen LogP contribution is 2.21. The molecule has 1 aromatic heterocycles. The minimum absolute atomic E-state index is 0.125. The molecule has 0 radical (unpaired) electrons. The molecule has 1 N–H and O–H groups in total. The van der Waals surface area contributed by atoms with Gasteiger partial charge in [0.1, 0.15) is 12.4 Å². The van der Waals surface area contributed by atoms with Gasteiger partial charge in [-0.1, -0.05) is 17.7 Å². The van der Waals surface area contributed by atoms with Crippen LogP contribution in [0.1, 0.15) is 12.5 Å². The maximum Gasteiger partial charge on any atom is 0.169 e. The summed E-state index contributed by atoms with van der Waals surface area (Å²) in [6, 6.07) is 11.9. The van der Waals surface area contributed by atoms with E-state index < -0.39 is 0 Å². The van der Waals surface area contributed by atoms with E-state index in [0.717, 1.165) is 17.3 Å². The second-order valence-corrected chi connectivity index (χ2v) is 4.72. The number of ether oxygens (including phenoxy) is 2. The van der Waals surface area contributed by atoms with Gasteiger partial charge in [-0.25, -0.2) is 4.98 Å². The van der Waals surface area contributed by atoms with E-state index >= 15 is 0 Å². The van der Waals surface area contributed by atoms with E-state index in [1.165, 1.54) is 5.56 Å². The summed E-state index contributed by atoms with van der Waals surface area (Å²) in [5.41, 5.74) is 1.22. The van der Waals surface area contributed by atoms with Gasteiger partial charge >= 0.3 is 0 Å². The van der Waals surface area contributed by atoms with Gasteiger partial charge in [0.2, 0.25) is 0 Å². The lowest BCUT2D eigenvalue weighted by atomic mass is 10.2. The van der Waals surface area contributed by atoms with Crippen LogP contribution in [-0.2, 0) is 0 Å². The van der Waals surface area contributed by atoms with Crippen LogP contribution < -0.4 is 14.8 Å². The largest absolute Gasteiger partial charge is 0.493 e. The SMILES string of the molecule is COc1cccnc1NC(C)COc1ccc(C)cc1. The highest BCUT2D eigenvalue weighted by molar-refractivity contribution is 5.49. The first-order valence-corrected chi connectivity index (χ1v) is 6.64. The van der Waals surface area contributed by atoms with Crippen LogP contribution in [0.3, 0.4) is 0 Å². The van der Waals surface area contributed by atoms with E-state index in [2.05, 4.69) is 17.2 Å². The number of nitrogens with one attached hydrogen (secondary N) is 1. The van der Waals surface area contributed by atoms with Gasteiger partial charge in [0.25, 0.3) is 0 Å². The molecule has 20 heavy (non-hydrogen) atoms. The van der Waals surface area contributed by atoms with Crippen molar-refractivity contribution in [1.82, 2.24) is 4.98 Å². The standard InChI is InChI=1S/C16H20N2O2/c1-12-6-8-14(9-7-12)20-11-13(2)18-16-15(19-3)5-4-10-17-16/h4-10,13H,11H2,1-3H3,(H,17,18). The number of aromatic nitrogens is 1. The molecule has 0 saturated carbocycles. The van der Waals surface area contributed by atoms with Gasteiger partial charge in [0.15, 0.2) is 11.6 Å². The van der Waals surface area contributed by atoms with Crippen molar-refractivity contribution in [3.8, 4) is 11.5 Å². The number of pyridine rings is 1. The fourth-order valence-electron chi connectivity index (χ4n) is 1.79. The minimum atomic E-state index is 0.125. The van der Waals surface area contributed by atoms with Gasteiger partial charge in [0, 0.05) is 6.20 Å². The van der Waals surface area contributed by atoms with Crippen molar-refractivity contribution in [3.05, 3.63) is 48.2 Å². The molecule has 0 amide bonds. The van der Waals surface area contributed by atoms with Crippen LogP contribution in [0.4, 0.5) is 5.82 Å². The lowest BCUT2D eigenvalue weighted by Gasteiger charge is -2.17. The van der Waals surface area contributed by atoms with Crippen LogP contribution in [0.2, 0.25) is 0 Å². The molecule has 0 saturated heterocycles. The maximum atomic E-state index is 5.74. The average Bonchev–Trinajstić information content (AvgIpc) is 2.47. The summed E-state index contributed by atoms with van der Waals surface area (Å²) in [5.74, 6) is 2.34. The molecule has 1 aromatic carbocycles. The Labute approximate surface area is 119 Å². The van der Waals surface area contributed by atoms with E-state index in [0.29, 0.717) is 6.61 Å². The highest BCUT2D eigenvalue weighted by atomic mass is 16.5. The van der Waals surface area contributed by atoms with Crippen molar-refractivity contribution in [1.29, 1.82) is 0 Å². The summed E-state index contributed by atoms with van der Waals surface area (Å²) in [4.78, 5) is 4.26. The number of anilines is 1. The van der Waals surface area contributed by atoms with Crippen LogP contribution in [0.5, 0.6) is 11.5 Å². The maximum absolute atomic E-state index is 5.74. The van der Waals surface area contributed by atoms with Crippen molar-refractivity contribution >= 4 is 5.82 Å². The molecule has 0 spiro atoms. The molecule has 0 aliphatic carbocycles. The summed E-state index contributed by atoms with van der Waals surface area (Å²) >= 11 is 0. The van der Waals surface area contributed by atoms with Crippen LogP contribution >= 0.6 is 0 Å². The highest BCUT2D eigenvalue weighted by Gasteiger charge is 2.08. The third-order valence-electron chi connectivity index (χ3n) is 2.89. The van der Waals surface area contributed by atoms with Gasteiger partial charge < -0.3 is 14.8 Å². The van der Waals surface area contributed by atoms with Gasteiger partial charge in [-0.2, -0.15) is 0 Å². The van der Waals surface area contributed by atoms with E-state index in [4.69, 9.17) is 9.47 Å². The molecule has 1 heterocycles. The Morgan fingerprint density at radius 2 is 1.95 bits per heavy atom. The third-order valence-corrected chi connectivity index (χ3v) is 2.89. The van der Waals surface area contributed by atoms with Gasteiger partial charge in [-0.3, -0.25) is 0 Å². The van der Waals surface area contributed by atoms with Crippen molar-refractivity contribution in [2.45, 2.75) is 19.9 Å². The Morgan fingerprint density at radius 3 is 2.65 bits per heavy atom. The zero-order valence-corrected chi connectivity index (χ0v) is 12.1. The number of aryl methyl sites for hydroxylation is 1. The zero-order valence-electron chi connectivity index (χ0n) is 12.1. The first-order valence-electron chi connectivity index (χ1n) is 6.64. The fraction of sp³-hybridized carbons (Fsp3) is 0.312. The average molecular weight is 272 g/mol. The molecule has 4 nitrogen and oxygen atoms in total. The van der Waals surface area contributed by atoms with Crippen LogP contribution in [0.25, 0.3) is 0 Å². The molecular formula is C16H20N2O2. The molecule has 4 heteroatoms. The number of benzene rings is 1. The van der Waals surface area contributed by atoms with Gasteiger partial charge in [-0.05, 0) is 38.1 Å². The monoisotopic (exact) mass is 272 g/mol. The first kappa shape index (κ1) is 14.2. The van der Waals surface area contributed by atoms with Gasteiger partial charge in [-0.15, -0.1) is 0 Å². The number of methoxy groups -OCH3 is 1. The van der Waals surface area contributed by atoms with Crippen LogP contribution in [0.15, 0.2) is 42.6 Å². The molecule has 0 bridgehead atoms. The van der Waals surface area contributed by atoms with Crippen LogP contribution in [-0.4, -0.2) is 24.7 Å². The van der Waals surface area contributed by atoms with Crippen molar-refractivity contribution < 1.29 is 9.47 Å². The number of nitrogens with zero attached hydrogens (tertiary/aromatic N) is 1. The summed E-state index contributed by atoms with van der Waals surface area (Å²) in [6.45, 7) is 4.66. The van der Waals surface area contributed by atoms with Crippen LogP contribution in [0, 0.1) is 6.92 Å². The second-order valence-electron chi connectivity index (χ2n) is 4.72. The summed E-state index contributed by atoms with van der Waals surface area (Å²) in [7, 11) is 1.63. The molecule has 1 unspecified atom stereocenters. The van der Waals surface area contributed by atoms with E-state index in [-0.39, 0.29) is 6.04 Å². The molecule has 1 atom stereocenters. The number of hydrogen-bond donors (Lipinski definition) is 1. The normalized spacial score (nSPS) is 11.8. The smallest absolute Gasteiger partial charge is 0.169 e. The molecule has 0 fully saturated rings. The van der Waals surface area contributed by atoms with E-state index in [1.54, 1.807) is 13.3 Å². The molecule has 2 aromatic rings. The Hall–Kier alpha value is -2.23. The van der Waals surface area contributed by atoms with Crippen molar-refractivity contribution in [3.63, 3.8) is 0 Å².